The van der Waals surface area contributed by atoms with Crippen molar-refractivity contribution in [3.63, 3.8) is 0 Å². The number of hydrogen-bond donors (Lipinski definition) is 2. The second kappa shape index (κ2) is 2.24. The van der Waals surface area contributed by atoms with Gasteiger partial charge >= 0.3 is 0 Å². The molecule has 3 nitrogen and oxygen atoms in total. The lowest BCUT2D eigenvalue weighted by molar-refractivity contribution is -0.113. The van der Waals surface area contributed by atoms with Gasteiger partial charge in [-0.15, -0.1) is 0 Å². The molecule has 0 aliphatic rings. The van der Waals surface area contributed by atoms with Gasteiger partial charge in [0.2, 0.25) is 0 Å². The molecule has 0 heterocycles. The molecular formula is C5H11NO2. The van der Waals surface area contributed by atoms with Crippen LogP contribution in [0.3, 0.4) is 0 Å². The van der Waals surface area contributed by atoms with Gasteiger partial charge in [-0.1, -0.05) is 0 Å². The number of rotatable bonds is 2. The van der Waals surface area contributed by atoms with Crippen molar-refractivity contribution < 1.29 is 9.90 Å². The fourth-order valence-electron chi connectivity index (χ4n) is 0.167. The van der Waals surface area contributed by atoms with Gasteiger partial charge < -0.3 is 15.6 Å². The van der Waals surface area contributed by atoms with E-state index in [4.69, 9.17) is 10.8 Å². The van der Waals surface area contributed by atoms with E-state index in [1.54, 1.807) is 0 Å². The van der Waals surface area contributed by atoms with E-state index < -0.39 is 11.6 Å². The Bertz CT molecular complexity index is 84.9. The maximum atomic E-state index is 9.87. The van der Waals surface area contributed by atoms with Crippen molar-refractivity contribution in [3.05, 3.63) is 0 Å². The van der Waals surface area contributed by atoms with E-state index in [2.05, 4.69) is 0 Å². The summed E-state index contributed by atoms with van der Waals surface area (Å²) in [6.45, 7) is 2.98. The first-order valence-electron chi connectivity index (χ1n) is 2.41. The van der Waals surface area contributed by atoms with E-state index in [0.717, 1.165) is 0 Å². The molecule has 0 spiro atoms. The third kappa shape index (κ3) is 2.04. The summed E-state index contributed by atoms with van der Waals surface area (Å²) in [7, 11) is 0. The minimum absolute atomic E-state index is 0.528. The van der Waals surface area contributed by atoms with Crippen molar-refractivity contribution in [3.8, 4) is 0 Å². The highest BCUT2D eigenvalue weighted by Gasteiger charge is 2.21. The zero-order valence-corrected chi connectivity index (χ0v) is 5.09. The average Bonchev–Trinajstić information content (AvgIpc) is 1.62. The first-order chi connectivity index (χ1) is 3.48. The zero-order valence-electron chi connectivity index (χ0n) is 5.09. The number of carbonyl (C=O) groups is 1. The molecule has 0 aromatic rings. The molecule has 3 N–H and O–H groups in total. The topological polar surface area (TPSA) is 63.3 Å². The number of carbonyl (C=O) groups excluding carboxylic acids is 1. The molecule has 0 amide bonds. The second-order valence-electron chi connectivity index (χ2n) is 2.32. The molecule has 0 saturated carbocycles. The summed E-state index contributed by atoms with van der Waals surface area (Å²) in [6, 6.07) is -0.775. The molecule has 3 heteroatoms. The summed E-state index contributed by atoms with van der Waals surface area (Å²) in [5, 5.41) is 8.93. The molecule has 0 radical (unpaired) electrons. The summed E-state index contributed by atoms with van der Waals surface area (Å²) < 4.78 is 0. The normalized spacial score (nSPS) is 15.5. The van der Waals surface area contributed by atoms with Crippen LogP contribution in [0.25, 0.3) is 0 Å². The number of hydrogen-bond acceptors (Lipinski definition) is 3. The third-order valence-corrected chi connectivity index (χ3v) is 0.962. The molecule has 0 unspecified atom stereocenters. The highest BCUT2D eigenvalue weighted by Crippen LogP contribution is 2.02. The van der Waals surface area contributed by atoms with E-state index >= 15 is 0 Å². The first-order valence-corrected chi connectivity index (χ1v) is 2.41. The van der Waals surface area contributed by atoms with Crippen LogP contribution in [0.4, 0.5) is 0 Å². The van der Waals surface area contributed by atoms with Crippen LogP contribution in [0.1, 0.15) is 13.8 Å². The van der Waals surface area contributed by atoms with Crippen LogP contribution in [-0.2, 0) is 4.79 Å². The summed E-state index contributed by atoms with van der Waals surface area (Å²) >= 11 is 0. The van der Waals surface area contributed by atoms with Crippen LogP contribution < -0.4 is 5.73 Å². The van der Waals surface area contributed by atoms with Crippen molar-refractivity contribution in [1.29, 1.82) is 0 Å². The predicted molar refractivity (Wildman–Crippen MR) is 30.3 cm³/mol. The molecule has 1 atom stereocenters. The van der Waals surface area contributed by atoms with E-state index in [1.807, 2.05) is 0 Å². The smallest absolute Gasteiger partial charge is 0.139 e. The van der Waals surface area contributed by atoms with Crippen LogP contribution >= 0.6 is 0 Å². The van der Waals surface area contributed by atoms with E-state index in [9.17, 15) is 4.79 Å². The Balaban J connectivity index is 3.80. The predicted octanol–water partition coefficient (Wildman–Crippen LogP) is -0.717. The monoisotopic (exact) mass is 117 g/mol. The van der Waals surface area contributed by atoms with Crippen LogP contribution in [0.5, 0.6) is 0 Å². The molecule has 0 aromatic carbocycles. The second-order valence-corrected chi connectivity index (χ2v) is 2.32. The van der Waals surface area contributed by atoms with Gasteiger partial charge in [0.05, 0.1) is 11.6 Å². The molecule has 0 aliphatic heterocycles. The lowest BCUT2D eigenvalue weighted by Gasteiger charge is -2.19. The Labute approximate surface area is 48.5 Å². The van der Waals surface area contributed by atoms with Crippen molar-refractivity contribution in [2.24, 2.45) is 5.73 Å². The Morgan fingerprint density at radius 3 is 2.12 bits per heavy atom. The highest BCUT2D eigenvalue weighted by molar-refractivity contribution is 5.59. The maximum Gasteiger partial charge on any atom is 0.139 e. The molecule has 0 aromatic heterocycles. The van der Waals surface area contributed by atoms with Gasteiger partial charge in [0, 0.05) is 0 Å². The summed E-state index contributed by atoms with van der Waals surface area (Å²) in [5.74, 6) is 0. The van der Waals surface area contributed by atoms with Gasteiger partial charge in [-0.25, -0.2) is 0 Å². The fraction of sp³-hybridized carbons (Fsp3) is 0.800. The van der Waals surface area contributed by atoms with Crippen LogP contribution in [0.2, 0.25) is 0 Å². The SMILES string of the molecule is CC(C)(O)[C@H](N)C=O. The number of aldehydes is 1. The van der Waals surface area contributed by atoms with Crippen molar-refractivity contribution in [2.75, 3.05) is 0 Å². The van der Waals surface area contributed by atoms with E-state index in [-0.39, 0.29) is 0 Å². The van der Waals surface area contributed by atoms with E-state index in [1.165, 1.54) is 13.8 Å². The van der Waals surface area contributed by atoms with Gasteiger partial charge in [-0.3, -0.25) is 0 Å². The van der Waals surface area contributed by atoms with Gasteiger partial charge in [0.15, 0.2) is 0 Å². The Morgan fingerprint density at radius 1 is 1.75 bits per heavy atom. The highest BCUT2D eigenvalue weighted by atomic mass is 16.3. The minimum Gasteiger partial charge on any atom is -0.388 e. The van der Waals surface area contributed by atoms with E-state index in [0.29, 0.717) is 6.29 Å². The van der Waals surface area contributed by atoms with Gasteiger partial charge in [0.25, 0.3) is 0 Å². The molecule has 0 rings (SSSR count). The number of aliphatic hydroxyl groups is 1. The molecule has 0 fully saturated rings. The molecule has 0 aliphatic carbocycles. The zero-order chi connectivity index (χ0) is 6.78. The van der Waals surface area contributed by atoms with Crippen molar-refractivity contribution in [2.45, 2.75) is 25.5 Å². The quantitative estimate of drug-likeness (QED) is 0.469. The first kappa shape index (κ1) is 7.59. The van der Waals surface area contributed by atoms with Crippen LogP contribution in [0.15, 0.2) is 0 Å². The van der Waals surface area contributed by atoms with Gasteiger partial charge in [-0.2, -0.15) is 0 Å². The number of nitrogens with two attached hydrogens (primary N) is 1. The third-order valence-electron chi connectivity index (χ3n) is 0.962. The molecule has 0 saturated heterocycles. The Hall–Kier alpha value is -0.410. The minimum atomic E-state index is -1.08. The lowest BCUT2D eigenvalue weighted by Crippen LogP contribution is -2.44. The van der Waals surface area contributed by atoms with Crippen molar-refractivity contribution in [1.82, 2.24) is 0 Å². The maximum absolute atomic E-state index is 9.87. The van der Waals surface area contributed by atoms with Crippen LogP contribution in [-0.4, -0.2) is 23.0 Å². The Kier molecular flexibility index (Phi) is 2.12. The Morgan fingerprint density at radius 2 is 2.12 bits per heavy atom. The lowest BCUT2D eigenvalue weighted by atomic mass is 10.0. The largest absolute Gasteiger partial charge is 0.388 e. The molecule has 48 valence electrons. The summed E-state index contributed by atoms with van der Waals surface area (Å²) in [6.07, 6.45) is 0.528. The standard InChI is InChI=1S/C5H11NO2/c1-5(2,8)4(6)3-7/h3-4,8H,6H2,1-2H3/t4-/m1/s1. The summed E-state index contributed by atoms with van der Waals surface area (Å²) in [5.41, 5.74) is 4.05. The fourth-order valence-corrected chi connectivity index (χ4v) is 0.167. The van der Waals surface area contributed by atoms with Crippen LogP contribution in [0, 0.1) is 0 Å². The molecule has 8 heavy (non-hydrogen) atoms. The van der Waals surface area contributed by atoms with Gasteiger partial charge in [-0.05, 0) is 13.8 Å². The molecule has 0 bridgehead atoms. The van der Waals surface area contributed by atoms with Gasteiger partial charge in [0.1, 0.15) is 6.29 Å². The summed E-state index contributed by atoms with van der Waals surface area (Å²) in [4.78, 5) is 9.87. The molecular weight excluding hydrogens is 106 g/mol. The van der Waals surface area contributed by atoms with Crippen molar-refractivity contribution >= 4 is 6.29 Å². The average molecular weight is 117 g/mol.